The molecule has 0 aliphatic heterocycles. The van der Waals surface area contributed by atoms with E-state index in [2.05, 4.69) is 20.3 Å². The van der Waals surface area contributed by atoms with Crippen molar-refractivity contribution in [1.82, 2.24) is 15.0 Å². The van der Waals surface area contributed by atoms with Crippen LogP contribution in [0.15, 0.2) is 85.5 Å². The molecule has 0 atom stereocenters. The largest absolute Gasteiger partial charge is 0.438 e. The lowest BCUT2D eigenvalue weighted by molar-refractivity contribution is 0.102. The second kappa shape index (κ2) is 8.93. The van der Waals surface area contributed by atoms with Gasteiger partial charge in [0.05, 0.1) is 17.9 Å². The lowest BCUT2D eigenvalue weighted by Gasteiger charge is -2.11. The van der Waals surface area contributed by atoms with Gasteiger partial charge in [-0.25, -0.2) is 15.0 Å². The zero-order valence-electron chi connectivity index (χ0n) is 15.9. The average molecular weight is 398 g/mol. The smallest absolute Gasteiger partial charge is 0.255 e. The molecule has 30 heavy (non-hydrogen) atoms. The third-order valence-electron chi connectivity index (χ3n) is 4.31. The number of aromatic nitrogens is 3. The molecule has 148 valence electrons. The Balaban J connectivity index is 1.55. The maximum absolute atomic E-state index is 12.6. The Hall–Kier alpha value is -4.10. The zero-order valence-corrected chi connectivity index (χ0v) is 15.9. The highest BCUT2D eigenvalue weighted by atomic mass is 16.5. The molecule has 7 heteroatoms. The minimum absolute atomic E-state index is 0.0915. The number of pyridine rings is 1. The third-order valence-corrected chi connectivity index (χ3v) is 4.31. The predicted molar refractivity (Wildman–Crippen MR) is 112 cm³/mol. The van der Waals surface area contributed by atoms with Gasteiger partial charge < -0.3 is 15.2 Å². The molecule has 0 fully saturated rings. The molecule has 2 aromatic carbocycles. The second-order valence-electron chi connectivity index (χ2n) is 6.39. The molecular weight excluding hydrogens is 380 g/mol. The van der Waals surface area contributed by atoms with Crippen LogP contribution in [0, 0.1) is 0 Å². The van der Waals surface area contributed by atoms with Crippen molar-refractivity contribution in [3.05, 3.63) is 96.6 Å². The van der Waals surface area contributed by atoms with E-state index in [0.717, 1.165) is 11.1 Å². The molecular formula is C23H18N4O3. The van der Waals surface area contributed by atoms with Crippen LogP contribution in [0.1, 0.15) is 15.9 Å². The number of aliphatic hydroxyl groups is 1. The first-order valence-corrected chi connectivity index (χ1v) is 9.23. The Morgan fingerprint density at radius 3 is 2.70 bits per heavy atom. The lowest BCUT2D eigenvalue weighted by Crippen LogP contribution is -2.12. The summed E-state index contributed by atoms with van der Waals surface area (Å²) in [7, 11) is 0. The summed E-state index contributed by atoms with van der Waals surface area (Å²) >= 11 is 0. The molecule has 4 rings (SSSR count). The van der Waals surface area contributed by atoms with Crippen LogP contribution in [0.3, 0.4) is 0 Å². The normalized spacial score (nSPS) is 10.4. The molecule has 0 radical (unpaired) electrons. The van der Waals surface area contributed by atoms with E-state index in [4.69, 9.17) is 4.74 Å². The predicted octanol–water partition coefficient (Wildman–Crippen LogP) is 4.08. The van der Waals surface area contributed by atoms with Gasteiger partial charge in [0.1, 0.15) is 12.1 Å². The van der Waals surface area contributed by atoms with Gasteiger partial charge in [-0.1, -0.05) is 18.2 Å². The Morgan fingerprint density at radius 2 is 1.87 bits per heavy atom. The fourth-order valence-electron chi connectivity index (χ4n) is 2.88. The maximum atomic E-state index is 12.6. The van der Waals surface area contributed by atoms with Gasteiger partial charge in [0.25, 0.3) is 5.91 Å². The maximum Gasteiger partial charge on any atom is 0.255 e. The first-order chi connectivity index (χ1) is 14.7. The van der Waals surface area contributed by atoms with E-state index in [1.54, 1.807) is 73.1 Å². The molecule has 1 amide bonds. The summed E-state index contributed by atoms with van der Waals surface area (Å²) in [6.45, 7) is -0.0915. The number of rotatable bonds is 6. The van der Waals surface area contributed by atoms with Crippen LogP contribution in [-0.2, 0) is 6.61 Å². The van der Waals surface area contributed by atoms with Gasteiger partial charge in [0.2, 0.25) is 5.88 Å². The van der Waals surface area contributed by atoms with Crippen molar-refractivity contribution >= 4 is 11.6 Å². The number of hydrogen-bond acceptors (Lipinski definition) is 6. The Labute approximate surface area is 173 Å². The van der Waals surface area contributed by atoms with Crippen molar-refractivity contribution < 1.29 is 14.6 Å². The average Bonchev–Trinajstić information content (AvgIpc) is 2.80. The molecule has 4 aromatic rings. The van der Waals surface area contributed by atoms with Crippen molar-refractivity contribution in [1.29, 1.82) is 0 Å². The fraction of sp³-hybridized carbons (Fsp3) is 0.0435. The van der Waals surface area contributed by atoms with E-state index in [1.165, 1.54) is 6.33 Å². The van der Waals surface area contributed by atoms with Crippen LogP contribution in [-0.4, -0.2) is 26.0 Å². The first-order valence-electron chi connectivity index (χ1n) is 9.23. The van der Waals surface area contributed by atoms with E-state index < -0.39 is 0 Å². The minimum atomic E-state index is -0.285. The van der Waals surface area contributed by atoms with Crippen LogP contribution < -0.4 is 10.1 Å². The number of hydrogen-bond donors (Lipinski definition) is 2. The zero-order chi connectivity index (χ0) is 20.8. The summed E-state index contributed by atoms with van der Waals surface area (Å²) in [6, 6.07) is 19.3. The van der Waals surface area contributed by atoms with Gasteiger partial charge in [-0.2, -0.15) is 0 Å². The highest BCUT2D eigenvalue weighted by molar-refractivity contribution is 6.04. The number of carbonyl (C=O) groups is 1. The summed E-state index contributed by atoms with van der Waals surface area (Å²) in [5, 5.41) is 12.1. The van der Waals surface area contributed by atoms with Crippen LogP contribution in [0.4, 0.5) is 5.69 Å². The van der Waals surface area contributed by atoms with Crippen molar-refractivity contribution in [3.63, 3.8) is 0 Å². The highest BCUT2D eigenvalue weighted by Gasteiger charge is 2.12. The molecule has 2 heterocycles. The molecule has 2 N–H and O–H groups in total. The number of carbonyl (C=O) groups excluding carboxylic acids is 1. The minimum Gasteiger partial charge on any atom is -0.438 e. The summed E-state index contributed by atoms with van der Waals surface area (Å²) in [5.41, 5.74) is 3.16. The van der Waals surface area contributed by atoms with Crippen molar-refractivity contribution in [3.8, 4) is 22.9 Å². The third kappa shape index (κ3) is 4.48. The van der Waals surface area contributed by atoms with E-state index in [9.17, 15) is 9.90 Å². The number of amides is 1. The standard InChI is InChI=1S/C23H18N4O3/c28-14-16-4-1-6-18(12-16)27-22(29)17-5-2-7-19(13-17)30-23-20(8-3-10-25-23)21-9-11-24-15-26-21/h1-13,15,28H,14H2,(H,27,29). The second-order valence-corrected chi connectivity index (χ2v) is 6.39. The van der Waals surface area contributed by atoms with E-state index in [0.29, 0.717) is 28.6 Å². The fourth-order valence-corrected chi connectivity index (χ4v) is 2.88. The Bertz CT molecular complexity index is 1170. The SMILES string of the molecule is O=C(Nc1cccc(CO)c1)c1cccc(Oc2ncccc2-c2ccncn2)c1. The summed E-state index contributed by atoms with van der Waals surface area (Å²) in [5.74, 6) is 0.567. The number of ether oxygens (including phenoxy) is 1. The van der Waals surface area contributed by atoms with Crippen molar-refractivity contribution in [2.45, 2.75) is 6.61 Å². The van der Waals surface area contributed by atoms with E-state index >= 15 is 0 Å². The van der Waals surface area contributed by atoms with Gasteiger partial charge in [0, 0.05) is 23.6 Å². The van der Waals surface area contributed by atoms with Crippen LogP contribution >= 0.6 is 0 Å². The van der Waals surface area contributed by atoms with E-state index in [1.807, 2.05) is 6.07 Å². The van der Waals surface area contributed by atoms with Crippen LogP contribution in [0.25, 0.3) is 11.3 Å². The number of aliphatic hydroxyl groups excluding tert-OH is 1. The van der Waals surface area contributed by atoms with Gasteiger partial charge in [0.15, 0.2) is 0 Å². The number of benzene rings is 2. The topological polar surface area (TPSA) is 97.2 Å². The van der Waals surface area contributed by atoms with Gasteiger partial charge in [-0.3, -0.25) is 4.79 Å². The Kier molecular flexibility index (Phi) is 5.73. The number of nitrogens with zero attached hydrogens (tertiary/aromatic N) is 3. The molecule has 0 saturated heterocycles. The van der Waals surface area contributed by atoms with Crippen molar-refractivity contribution in [2.75, 3.05) is 5.32 Å². The van der Waals surface area contributed by atoms with E-state index in [-0.39, 0.29) is 12.5 Å². The van der Waals surface area contributed by atoms with Crippen LogP contribution in [0.2, 0.25) is 0 Å². The highest BCUT2D eigenvalue weighted by Crippen LogP contribution is 2.30. The number of anilines is 1. The summed E-state index contributed by atoms with van der Waals surface area (Å²) in [6.07, 6.45) is 4.74. The first kappa shape index (κ1) is 19.2. The van der Waals surface area contributed by atoms with Gasteiger partial charge >= 0.3 is 0 Å². The lowest BCUT2D eigenvalue weighted by atomic mass is 10.1. The molecule has 2 aromatic heterocycles. The summed E-state index contributed by atoms with van der Waals surface area (Å²) < 4.78 is 5.96. The van der Waals surface area contributed by atoms with Gasteiger partial charge in [-0.15, -0.1) is 0 Å². The summed E-state index contributed by atoms with van der Waals surface area (Å²) in [4.78, 5) is 25.1. The monoisotopic (exact) mass is 398 g/mol. The van der Waals surface area contributed by atoms with Crippen molar-refractivity contribution in [2.24, 2.45) is 0 Å². The molecule has 7 nitrogen and oxygen atoms in total. The molecule has 0 spiro atoms. The number of nitrogens with one attached hydrogen (secondary N) is 1. The molecule has 0 saturated carbocycles. The molecule has 0 aliphatic rings. The quantitative estimate of drug-likeness (QED) is 0.508. The molecule has 0 unspecified atom stereocenters. The van der Waals surface area contributed by atoms with Gasteiger partial charge in [-0.05, 0) is 54.1 Å². The van der Waals surface area contributed by atoms with Crippen LogP contribution in [0.5, 0.6) is 11.6 Å². The molecule has 0 bridgehead atoms. The Morgan fingerprint density at radius 1 is 0.967 bits per heavy atom. The molecule has 0 aliphatic carbocycles.